The van der Waals surface area contributed by atoms with Crippen LogP contribution in [-0.4, -0.2) is 55.1 Å². The predicted molar refractivity (Wildman–Crippen MR) is 118 cm³/mol. The minimum atomic E-state index is -0.225. The maximum absolute atomic E-state index is 13.1. The maximum atomic E-state index is 13.1. The first-order chi connectivity index (χ1) is 14.7. The molecule has 5 nitrogen and oxygen atoms in total. The number of benzene rings is 2. The monoisotopic (exact) mass is 410 g/mol. The van der Waals surface area contributed by atoms with Gasteiger partial charge in [0.1, 0.15) is 5.82 Å². The molecular formula is C24H31FN4O. The van der Waals surface area contributed by atoms with Gasteiger partial charge in [0.2, 0.25) is 0 Å². The normalized spacial score (nSPS) is 17.8. The van der Waals surface area contributed by atoms with E-state index in [0.717, 1.165) is 25.3 Å². The van der Waals surface area contributed by atoms with Gasteiger partial charge in [0.25, 0.3) is 0 Å². The third kappa shape index (κ3) is 5.30. The van der Waals surface area contributed by atoms with Crippen molar-refractivity contribution in [2.45, 2.75) is 32.4 Å². The molecule has 160 valence electrons. The number of hydrogen-bond acceptors (Lipinski definition) is 3. The van der Waals surface area contributed by atoms with Crippen molar-refractivity contribution in [2.24, 2.45) is 0 Å². The summed E-state index contributed by atoms with van der Waals surface area (Å²) in [7, 11) is 0. The summed E-state index contributed by atoms with van der Waals surface area (Å²) in [5.74, 6) is -0.225. The smallest absolute Gasteiger partial charge is 0.317 e. The van der Waals surface area contributed by atoms with Crippen molar-refractivity contribution in [2.75, 3.05) is 44.2 Å². The molecule has 2 aromatic rings. The van der Waals surface area contributed by atoms with Gasteiger partial charge in [-0.3, -0.25) is 4.90 Å². The van der Waals surface area contributed by atoms with Crippen molar-refractivity contribution >= 4 is 11.7 Å². The zero-order valence-electron chi connectivity index (χ0n) is 17.5. The van der Waals surface area contributed by atoms with Gasteiger partial charge in [-0.15, -0.1) is 0 Å². The second-order valence-corrected chi connectivity index (χ2v) is 8.21. The van der Waals surface area contributed by atoms with E-state index in [0.29, 0.717) is 19.6 Å². The summed E-state index contributed by atoms with van der Waals surface area (Å²) in [5, 5.41) is 3.11. The molecule has 2 aromatic carbocycles. The minimum absolute atomic E-state index is 0.0125. The van der Waals surface area contributed by atoms with Gasteiger partial charge in [-0.1, -0.05) is 30.7 Å². The Morgan fingerprint density at radius 1 is 0.833 bits per heavy atom. The number of piperidine rings is 1. The molecule has 2 aliphatic rings. The predicted octanol–water partition coefficient (Wildman–Crippen LogP) is 3.84. The summed E-state index contributed by atoms with van der Waals surface area (Å²) in [6.45, 7) is 6.69. The number of halogens is 1. The Bertz CT molecular complexity index is 827. The van der Waals surface area contributed by atoms with E-state index in [-0.39, 0.29) is 11.8 Å². The molecule has 1 N–H and O–H groups in total. The van der Waals surface area contributed by atoms with Crippen molar-refractivity contribution in [3.8, 4) is 0 Å². The number of anilines is 1. The van der Waals surface area contributed by atoms with Crippen LogP contribution in [-0.2, 0) is 13.1 Å². The van der Waals surface area contributed by atoms with Crippen molar-refractivity contribution < 1.29 is 9.18 Å². The lowest BCUT2D eigenvalue weighted by Crippen LogP contribution is -2.51. The van der Waals surface area contributed by atoms with Crippen LogP contribution in [0.5, 0.6) is 0 Å². The molecule has 0 spiro atoms. The first kappa shape index (κ1) is 20.7. The van der Waals surface area contributed by atoms with Crippen LogP contribution < -0.4 is 10.2 Å². The van der Waals surface area contributed by atoms with Gasteiger partial charge in [0.15, 0.2) is 0 Å². The molecule has 6 heteroatoms. The molecule has 30 heavy (non-hydrogen) atoms. The van der Waals surface area contributed by atoms with Gasteiger partial charge in [0, 0.05) is 45.0 Å². The van der Waals surface area contributed by atoms with Crippen LogP contribution >= 0.6 is 0 Å². The highest BCUT2D eigenvalue weighted by molar-refractivity contribution is 5.74. The van der Waals surface area contributed by atoms with Gasteiger partial charge in [0.05, 0.1) is 0 Å². The lowest BCUT2D eigenvalue weighted by Gasteiger charge is -2.36. The first-order valence-corrected chi connectivity index (χ1v) is 11.0. The van der Waals surface area contributed by atoms with Gasteiger partial charge < -0.3 is 15.1 Å². The fourth-order valence-electron chi connectivity index (χ4n) is 4.34. The van der Waals surface area contributed by atoms with E-state index in [9.17, 15) is 9.18 Å². The fraction of sp³-hybridized carbons (Fsp3) is 0.458. The van der Waals surface area contributed by atoms with Crippen LogP contribution in [0.25, 0.3) is 0 Å². The Morgan fingerprint density at radius 3 is 2.20 bits per heavy atom. The van der Waals surface area contributed by atoms with Gasteiger partial charge in [-0.05, 0) is 61.3 Å². The third-order valence-corrected chi connectivity index (χ3v) is 6.15. The molecule has 0 aromatic heterocycles. The second-order valence-electron chi connectivity index (χ2n) is 8.21. The van der Waals surface area contributed by atoms with Crippen LogP contribution in [0.1, 0.15) is 30.4 Å². The number of nitrogens with zero attached hydrogens (tertiary/aromatic N) is 3. The Kier molecular flexibility index (Phi) is 6.84. The molecule has 4 rings (SSSR count). The van der Waals surface area contributed by atoms with Gasteiger partial charge in [-0.25, -0.2) is 9.18 Å². The summed E-state index contributed by atoms with van der Waals surface area (Å²) in [5.41, 5.74) is 3.50. The highest BCUT2D eigenvalue weighted by Gasteiger charge is 2.21. The largest absolute Gasteiger partial charge is 0.368 e. The molecular weight excluding hydrogens is 379 g/mol. The molecule has 0 radical (unpaired) electrons. The van der Waals surface area contributed by atoms with E-state index < -0.39 is 0 Å². The van der Waals surface area contributed by atoms with E-state index >= 15 is 0 Å². The molecule has 0 bridgehead atoms. The molecule has 0 atom stereocenters. The average molecular weight is 411 g/mol. The lowest BCUT2D eigenvalue weighted by molar-refractivity contribution is 0.193. The summed E-state index contributed by atoms with van der Waals surface area (Å²) in [6.07, 6.45) is 3.90. The van der Waals surface area contributed by atoms with E-state index in [1.807, 2.05) is 11.0 Å². The number of amides is 2. The standard InChI is InChI=1S/C24H31FN4O/c25-22-8-10-23(11-9-22)28-14-16-29(17-15-28)24(30)26-18-20-6-2-3-7-21(20)19-27-12-4-1-5-13-27/h2-3,6-11H,1,4-5,12-19H2,(H,26,30). The SMILES string of the molecule is O=C(NCc1ccccc1CN1CCCCC1)N1CCN(c2ccc(F)cc2)CC1. The van der Waals surface area contributed by atoms with Crippen LogP contribution in [0, 0.1) is 5.82 Å². The highest BCUT2D eigenvalue weighted by Crippen LogP contribution is 2.18. The summed E-state index contributed by atoms with van der Waals surface area (Å²) in [6, 6.07) is 15.0. The van der Waals surface area contributed by atoms with Crippen molar-refractivity contribution in [1.82, 2.24) is 15.1 Å². The molecule has 0 saturated carbocycles. The van der Waals surface area contributed by atoms with Crippen LogP contribution in [0.4, 0.5) is 14.9 Å². The number of carbonyl (C=O) groups is 1. The topological polar surface area (TPSA) is 38.8 Å². The zero-order valence-corrected chi connectivity index (χ0v) is 17.5. The number of hydrogen-bond donors (Lipinski definition) is 1. The molecule has 0 aliphatic carbocycles. The summed E-state index contributed by atoms with van der Waals surface area (Å²) < 4.78 is 13.1. The maximum Gasteiger partial charge on any atom is 0.317 e. The Balaban J connectivity index is 1.27. The fourth-order valence-corrected chi connectivity index (χ4v) is 4.34. The summed E-state index contributed by atoms with van der Waals surface area (Å²) >= 11 is 0. The highest BCUT2D eigenvalue weighted by atomic mass is 19.1. The first-order valence-electron chi connectivity index (χ1n) is 11.0. The van der Waals surface area contributed by atoms with Crippen LogP contribution in [0.2, 0.25) is 0 Å². The van der Waals surface area contributed by atoms with E-state index in [4.69, 9.17) is 0 Å². The molecule has 2 heterocycles. The number of likely N-dealkylation sites (tertiary alicyclic amines) is 1. The number of urea groups is 1. The number of carbonyl (C=O) groups excluding carboxylic acids is 1. The van der Waals surface area contributed by atoms with E-state index in [2.05, 4.69) is 33.3 Å². The minimum Gasteiger partial charge on any atom is -0.368 e. The van der Waals surface area contributed by atoms with Crippen molar-refractivity contribution in [1.29, 1.82) is 0 Å². The van der Waals surface area contributed by atoms with Crippen molar-refractivity contribution in [3.05, 3.63) is 65.5 Å². The van der Waals surface area contributed by atoms with E-state index in [1.54, 1.807) is 12.1 Å². The summed E-state index contributed by atoms with van der Waals surface area (Å²) in [4.78, 5) is 19.3. The van der Waals surface area contributed by atoms with Crippen molar-refractivity contribution in [3.63, 3.8) is 0 Å². The molecule has 2 aliphatic heterocycles. The Morgan fingerprint density at radius 2 is 1.50 bits per heavy atom. The number of nitrogens with one attached hydrogen (secondary N) is 1. The third-order valence-electron chi connectivity index (χ3n) is 6.15. The molecule has 2 amide bonds. The van der Waals surface area contributed by atoms with Gasteiger partial charge in [-0.2, -0.15) is 0 Å². The Hall–Kier alpha value is -2.60. The van der Waals surface area contributed by atoms with Crippen LogP contribution in [0.15, 0.2) is 48.5 Å². The quantitative estimate of drug-likeness (QED) is 0.814. The van der Waals surface area contributed by atoms with Crippen LogP contribution in [0.3, 0.4) is 0 Å². The molecule has 2 fully saturated rings. The zero-order chi connectivity index (χ0) is 20.8. The Labute approximate surface area is 178 Å². The van der Waals surface area contributed by atoms with E-state index in [1.165, 1.54) is 55.6 Å². The average Bonchev–Trinajstić information content (AvgIpc) is 2.80. The molecule has 0 unspecified atom stereocenters. The molecule has 2 saturated heterocycles. The second kappa shape index (κ2) is 9.94. The lowest BCUT2D eigenvalue weighted by atomic mass is 10.0. The number of rotatable bonds is 5. The van der Waals surface area contributed by atoms with Gasteiger partial charge >= 0.3 is 6.03 Å². The number of piperazine rings is 1.